The van der Waals surface area contributed by atoms with Crippen LogP contribution in [0.15, 0.2) is 42.5 Å². The molecule has 27 heavy (non-hydrogen) atoms. The van der Waals surface area contributed by atoms with Gasteiger partial charge in [0.05, 0.1) is 6.42 Å². The van der Waals surface area contributed by atoms with Crippen molar-refractivity contribution in [3.8, 4) is 11.5 Å². The maximum atomic E-state index is 12.2. The molecule has 2 aromatic rings. The lowest BCUT2D eigenvalue weighted by Crippen LogP contribution is -2.38. The molecule has 1 heterocycles. The van der Waals surface area contributed by atoms with Crippen LogP contribution in [0.5, 0.6) is 11.5 Å². The molecule has 2 aromatic carbocycles. The van der Waals surface area contributed by atoms with Crippen molar-refractivity contribution < 1.29 is 19.1 Å². The summed E-state index contributed by atoms with van der Waals surface area (Å²) in [5.41, 5.74) is 2.82. The fourth-order valence-corrected chi connectivity index (χ4v) is 3.02. The Morgan fingerprint density at radius 1 is 1.07 bits per heavy atom. The summed E-state index contributed by atoms with van der Waals surface area (Å²) in [6, 6.07) is 13.2. The highest BCUT2D eigenvalue weighted by Crippen LogP contribution is 2.33. The maximum Gasteiger partial charge on any atom is 0.224 e. The van der Waals surface area contributed by atoms with E-state index in [1.165, 1.54) is 6.92 Å². The van der Waals surface area contributed by atoms with Gasteiger partial charge in [-0.3, -0.25) is 9.59 Å². The van der Waals surface area contributed by atoms with Crippen molar-refractivity contribution in [3.63, 3.8) is 0 Å². The quantitative estimate of drug-likeness (QED) is 0.851. The average Bonchev–Trinajstić information content (AvgIpc) is 2.66. The number of nitrogens with one attached hydrogen (secondary N) is 1. The number of nitrogens with zero attached hydrogens (tertiary/aromatic N) is 1. The highest BCUT2D eigenvalue weighted by Gasteiger charge is 2.17. The largest absolute Gasteiger partial charge is 0.486 e. The smallest absolute Gasteiger partial charge is 0.224 e. The minimum absolute atomic E-state index is 0.0602. The van der Waals surface area contributed by atoms with Gasteiger partial charge < -0.3 is 19.7 Å². The van der Waals surface area contributed by atoms with Crippen LogP contribution in [0.25, 0.3) is 0 Å². The first-order chi connectivity index (χ1) is 13.0. The van der Waals surface area contributed by atoms with Gasteiger partial charge in [-0.1, -0.05) is 24.3 Å². The second-order valence-electron chi connectivity index (χ2n) is 6.45. The van der Waals surface area contributed by atoms with Gasteiger partial charge in [0.25, 0.3) is 0 Å². The monoisotopic (exact) mass is 368 g/mol. The van der Waals surface area contributed by atoms with Gasteiger partial charge in [-0.05, 0) is 30.2 Å². The van der Waals surface area contributed by atoms with Crippen LogP contribution in [-0.2, 0) is 16.0 Å². The third-order valence-corrected chi connectivity index (χ3v) is 4.49. The second-order valence-corrected chi connectivity index (χ2v) is 6.45. The molecule has 0 saturated carbocycles. The van der Waals surface area contributed by atoms with E-state index in [-0.39, 0.29) is 11.8 Å². The fraction of sp³-hybridized carbons (Fsp3) is 0.333. The van der Waals surface area contributed by atoms with Gasteiger partial charge >= 0.3 is 0 Å². The zero-order valence-corrected chi connectivity index (χ0v) is 15.7. The molecule has 0 atom stereocenters. The molecule has 6 nitrogen and oxygen atoms in total. The number of anilines is 1. The number of rotatable bonds is 6. The molecule has 6 heteroatoms. The predicted octanol–water partition coefficient (Wildman–Crippen LogP) is 2.48. The maximum absolute atomic E-state index is 12.2. The van der Waals surface area contributed by atoms with Gasteiger partial charge in [0.15, 0.2) is 11.5 Å². The van der Waals surface area contributed by atoms with Crippen molar-refractivity contribution in [1.29, 1.82) is 0 Å². The first kappa shape index (κ1) is 18.8. The lowest BCUT2D eigenvalue weighted by atomic mass is 10.1. The molecule has 142 valence electrons. The van der Waals surface area contributed by atoms with Crippen molar-refractivity contribution in [2.24, 2.45) is 0 Å². The second kappa shape index (κ2) is 8.58. The van der Waals surface area contributed by atoms with Gasteiger partial charge in [-0.25, -0.2) is 0 Å². The zero-order chi connectivity index (χ0) is 19.2. The van der Waals surface area contributed by atoms with Crippen LogP contribution in [0, 0.1) is 6.92 Å². The number of aryl methyl sites for hydroxylation is 1. The predicted molar refractivity (Wildman–Crippen MR) is 103 cm³/mol. The van der Waals surface area contributed by atoms with Gasteiger partial charge in [0, 0.05) is 31.8 Å². The van der Waals surface area contributed by atoms with Gasteiger partial charge in [0.2, 0.25) is 11.8 Å². The fourth-order valence-electron chi connectivity index (χ4n) is 3.02. The molecule has 0 aromatic heterocycles. The van der Waals surface area contributed by atoms with E-state index in [9.17, 15) is 9.59 Å². The number of ether oxygens (including phenoxy) is 2. The topological polar surface area (TPSA) is 67.9 Å². The number of benzene rings is 2. The standard InChI is InChI=1S/C21H24N2O4/c1-15-5-3-4-6-17(15)13-21(25)22-9-10-23(16(2)24)18-7-8-19-20(14-18)27-12-11-26-19/h3-8,14H,9-13H2,1-2H3,(H,22,25). The minimum Gasteiger partial charge on any atom is -0.486 e. The van der Waals surface area contributed by atoms with Crippen LogP contribution < -0.4 is 19.7 Å². The molecule has 0 spiro atoms. The third-order valence-electron chi connectivity index (χ3n) is 4.49. The van der Waals surface area contributed by atoms with Crippen molar-refractivity contribution in [1.82, 2.24) is 5.32 Å². The normalized spacial score (nSPS) is 12.4. The van der Waals surface area contributed by atoms with Crippen LogP contribution in [-0.4, -0.2) is 38.1 Å². The molecule has 0 aliphatic carbocycles. The minimum atomic E-state index is -0.0974. The highest BCUT2D eigenvalue weighted by atomic mass is 16.6. The molecule has 0 bridgehead atoms. The summed E-state index contributed by atoms with van der Waals surface area (Å²) in [5.74, 6) is 1.16. The molecule has 0 unspecified atom stereocenters. The van der Waals surface area contributed by atoms with E-state index < -0.39 is 0 Å². The summed E-state index contributed by atoms with van der Waals surface area (Å²) in [5, 5.41) is 2.89. The van der Waals surface area contributed by atoms with Crippen molar-refractivity contribution in [3.05, 3.63) is 53.6 Å². The van der Waals surface area contributed by atoms with Gasteiger partial charge in [0.1, 0.15) is 13.2 Å². The van der Waals surface area contributed by atoms with E-state index in [2.05, 4.69) is 5.32 Å². The molecular formula is C21H24N2O4. The van der Waals surface area contributed by atoms with E-state index >= 15 is 0 Å². The molecule has 0 saturated heterocycles. The lowest BCUT2D eigenvalue weighted by molar-refractivity contribution is -0.121. The van der Waals surface area contributed by atoms with Crippen molar-refractivity contribution in [2.45, 2.75) is 20.3 Å². The molecule has 3 rings (SSSR count). The van der Waals surface area contributed by atoms with Gasteiger partial charge in [-0.2, -0.15) is 0 Å². The summed E-state index contributed by atoms with van der Waals surface area (Å²) in [6.45, 7) is 5.27. The van der Waals surface area contributed by atoms with E-state index in [1.807, 2.05) is 37.3 Å². The van der Waals surface area contributed by atoms with Crippen LogP contribution in [0.3, 0.4) is 0 Å². The Bertz CT molecular complexity index is 835. The molecule has 0 radical (unpaired) electrons. The molecule has 0 fully saturated rings. The Balaban J connectivity index is 1.58. The lowest BCUT2D eigenvalue weighted by Gasteiger charge is -2.24. The summed E-state index contributed by atoms with van der Waals surface area (Å²) in [7, 11) is 0. The Morgan fingerprint density at radius 2 is 1.81 bits per heavy atom. The molecule has 2 amide bonds. The van der Waals surface area contributed by atoms with E-state index in [1.54, 1.807) is 17.0 Å². The van der Waals surface area contributed by atoms with E-state index in [0.29, 0.717) is 44.2 Å². The van der Waals surface area contributed by atoms with E-state index in [4.69, 9.17) is 9.47 Å². The number of carbonyl (C=O) groups is 2. The van der Waals surface area contributed by atoms with E-state index in [0.717, 1.165) is 16.8 Å². The summed E-state index contributed by atoms with van der Waals surface area (Å²) < 4.78 is 11.1. The van der Waals surface area contributed by atoms with Crippen molar-refractivity contribution in [2.75, 3.05) is 31.2 Å². The Labute approximate surface area is 159 Å². The first-order valence-corrected chi connectivity index (χ1v) is 9.03. The highest BCUT2D eigenvalue weighted by molar-refractivity contribution is 5.92. The number of amides is 2. The Kier molecular flexibility index (Phi) is 5.96. The average molecular weight is 368 g/mol. The summed E-state index contributed by atoms with van der Waals surface area (Å²) >= 11 is 0. The number of fused-ring (bicyclic) bond motifs is 1. The molecule has 1 aliphatic heterocycles. The summed E-state index contributed by atoms with van der Waals surface area (Å²) in [4.78, 5) is 25.9. The zero-order valence-electron chi connectivity index (χ0n) is 15.7. The van der Waals surface area contributed by atoms with Crippen LogP contribution >= 0.6 is 0 Å². The summed E-state index contributed by atoms with van der Waals surface area (Å²) in [6.07, 6.45) is 0.330. The van der Waals surface area contributed by atoms with Crippen LogP contribution in [0.2, 0.25) is 0 Å². The number of hydrogen-bond donors (Lipinski definition) is 1. The number of hydrogen-bond acceptors (Lipinski definition) is 4. The number of carbonyl (C=O) groups excluding carboxylic acids is 2. The van der Waals surface area contributed by atoms with Crippen LogP contribution in [0.4, 0.5) is 5.69 Å². The Hall–Kier alpha value is -3.02. The molecule has 1 N–H and O–H groups in total. The van der Waals surface area contributed by atoms with Gasteiger partial charge in [-0.15, -0.1) is 0 Å². The third kappa shape index (κ3) is 4.78. The molecular weight excluding hydrogens is 344 g/mol. The van der Waals surface area contributed by atoms with Crippen LogP contribution in [0.1, 0.15) is 18.1 Å². The SMILES string of the molecule is CC(=O)N(CCNC(=O)Cc1ccccc1C)c1ccc2c(c1)OCCO2. The Morgan fingerprint density at radius 3 is 2.56 bits per heavy atom. The first-order valence-electron chi connectivity index (χ1n) is 9.03. The van der Waals surface area contributed by atoms with Crippen molar-refractivity contribution >= 4 is 17.5 Å². The molecule has 1 aliphatic rings.